The smallest absolute Gasteiger partial charge is 0.0242 e. The Kier molecular flexibility index (Phi) is 7.11. The highest BCUT2D eigenvalue weighted by Gasteiger charge is 2.19. The predicted octanol–water partition coefficient (Wildman–Crippen LogP) is 3.45. The second-order valence-corrected chi connectivity index (χ2v) is 5.73. The van der Waals surface area contributed by atoms with Crippen LogP contribution in [0.2, 0.25) is 0 Å². The van der Waals surface area contributed by atoms with Gasteiger partial charge in [-0.1, -0.05) is 56.5 Å². The van der Waals surface area contributed by atoms with Crippen molar-refractivity contribution in [3.05, 3.63) is 35.4 Å². The minimum absolute atomic E-state index is 0.625. The van der Waals surface area contributed by atoms with E-state index in [9.17, 15) is 0 Å². The van der Waals surface area contributed by atoms with Crippen molar-refractivity contribution in [2.24, 2.45) is 5.92 Å². The molecule has 19 heavy (non-hydrogen) atoms. The van der Waals surface area contributed by atoms with Crippen LogP contribution in [0.1, 0.15) is 37.8 Å². The molecule has 2 heteroatoms. The van der Waals surface area contributed by atoms with Crippen LogP contribution in [-0.2, 0) is 6.54 Å². The molecule has 0 saturated carbocycles. The third kappa shape index (κ3) is 5.33. The van der Waals surface area contributed by atoms with Gasteiger partial charge in [-0.15, -0.1) is 0 Å². The minimum Gasteiger partial charge on any atom is -0.311 e. The van der Waals surface area contributed by atoms with Crippen molar-refractivity contribution < 1.29 is 0 Å². The van der Waals surface area contributed by atoms with Crippen LogP contribution in [0.4, 0.5) is 0 Å². The standard InChI is InChI=1S/C17H30N2/c1-6-16(7-2)17(19(4)5)13-18-12-15-10-8-9-14(3)11-15/h8-11,16-18H,6-7,12-13H2,1-5H3. The van der Waals surface area contributed by atoms with E-state index in [0.29, 0.717) is 6.04 Å². The van der Waals surface area contributed by atoms with Crippen LogP contribution in [0, 0.1) is 12.8 Å². The number of hydrogen-bond donors (Lipinski definition) is 1. The maximum Gasteiger partial charge on any atom is 0.0242 e. The first-order valence-electron chi connectivity index (χ1n) is 7.51. The zero-order chi connectivity index (χ0) is 14.3. The highest BCUT2D eigenvalue weighted by molar-refractivity contribution is 5.21. The molecule has 1 rings (SSSR count). The van der Waals surface area contributed by atoms with Gasteiger partial charge in [0.25, 0.3) is 0 Å². The van der Waals surface area contributed by atoms with Crippen molar-refractivity contribution in [2.75, 3.05) is 20.6 Å². The van der Waals surface area contributed by atoms with Gasteiger partial charge in [-0.3, -0.25) is 0 Å². The van der Waals surface area contributed by atoms with E-state index in [0.717, 1.165) is 19.0 Å². The fraction of sp³-hybridized carbons (Fsp3) is 0.647. The molecule has 1 aromatic carbocycles. The van der Waals surface area contributed by atoms with E-state index in [4.69, 9.17) is 0 Å². The fourth-order valence-electron chi connectivity index (χ4n) is 2.79. The Hall–Kier alpha value is -0.860. The molecule has 0 aliphatic rings. The second-order valence-electron chi connectivity index (χ2n) is 5.73. The highest BCUT2D eigenvalue weighted by Crippen LogP contribution is 2.16. The first-order chi connectivity index (χ1) is 9.08. The molecule has 108 valence electrons. The lowest BCUT2D eigenvalue weighted by Crippen LogP contribution is -2.42. The van der Waals surface area contributed by atoms with Crippen LogP contribution < -0.4 is 5.32 Å². The Morgan fingerprint density at radius 1 is 1.16 bits per heavy atom. The van der Waals surface area contributed by atoms with E-state index in [2.05, 4.69) is 69.3 Å². The number of benzene rings is 1. The average molecular weight is 262 g/mol. The quantitative estimate of drug-likeness (QED) is 0.772. The largest absolute Gasteiger partial charge is 0.311 e. The topological polar surface area (TPSA) is 15.3 Å². The van der Waals surface area contributed by atoms with Gasteiger partial charge >= 0.3 is 0 Å². The summed E-state index contributed by atoms with van der Waals surface area (Å²) in [6.07, 6.45) is 2.51. The second kappa shape index (κ2) is 8.34. The highest BCUT2D eigenvalue weighted by atomic mass is 15.1. The number of hydrogen-bond acceptors (Lipinski definition) is 2. The van der Waals surface area contributed by atoms with Gasteiger partial charge in [0, 0.05) is 19.1 Å². The van der Waals surface area contributed by atoms with E-state index in [1.807, 2.05) is 0 Å². The van der Waals surface area contributed by atoms with Crippen molar-refractivity contribution in [3.8, 4) is 0 Å². The van der Waals surface area contributed by atoms with Gasteiger partial charge < -0.3 is 10.2 Å². The van der Waals surface area contributed by atoms with Gasteiger partial charge in [0.1, 0.15) is 0 Å². The molecular weight excluding hydrogens is 232 g/mol. The molecule has 1 atom stereocenters. The van der Waals surface area contributed by atoms with E-state index in [1.54, 1.807) is 0 Å². The molecule has 1 aromatic rings. The van der Waals surface area contributed by atoms with Gasteiger partial charge in [-0.2, -0.15) is 0 Å². The van der Waals surface area contributed by atoms with Crippen molar-refractivity contribution in [2.45, 2.75) is 46.2 Å². The van der Waals surface area contributed by atoms with Crippen LogP contribution >= 0.6 is 0 Å². The van der Waals surface area contributed by atoms with E-state index < -0.39 is 0 Å². The van der Waals surface area contributed by atoms with Crippen molar-refractivity contribution in [3.63, 3.8) is 0 Å². The normalized spacial score (nSPS) is 13.2. The lowest BCUT2D eigenvalue weighted by molar-refractivity contribution is 0.194. The van der Waals surface area contributed by atoms with E-state index in [-0.39, 0.29) is 0 Å². The molecule has 1 unspecified atom stereocenters. The Balaban J connectivity index is 2.48. The van der Waals surface area contributed by atoms with Gasteiger partial charge in [-0.05, 0) is 32.5 Å². The molecule has 0 fully saturated rings. The molecule has 2 nitrogen and oxygen atoms in total. The monoisotopic (exact) mass is 262 g/mol. The first kappa shape index (κ1) is 16.2. The first-order valence-corrected chi connectivity index (χ1v) is 7.51. The summed E-state index contributed by atoms with van der Waals surface area (Å²) in [4.78, 5) is 2.36. The van der Waals surface area contributed by atoms with E-state index in [1.165, 1.54) is 24.0 Å². The number of aryl methyl sites for hydroxylation is 1. The van der Waals surface area contributed by atoms with Crippen molar-refractivity contribution in [1.29, 1.82) is 0 Å². The average Bonchev–Trinajstić information content (AvgIpc) is 2.38. The molecule has 1 N–H and O–H groups in total. The lowest BCUT2D eigenvalue weighted by Gasteiger charge is -2.31. The SMILES string of the molecule is CCC(CC)C(CNCc1cccc(C)c1)N(C)C. The van der Waals surface area contributed by atoms with Crippen LogP contribution in [-0.4, -0.2) is 31.6 Å². The summed E-state index contributed by atoms with van der Waals surface area (Å²) in [5.41, 5.74) is 2.71. The number of likely N-dealkylation sites (N-methyl/N-ethyl adjacent to an activating group) is 1. The lowest BCUT2D eigenvalue weighted by atomic mass is 9.93. The molecule has 0 spiro atoms. The number of nitrogens with one attached hydrogen (secondary N) is 1. The summed E-state index contributed by atoms with van der Waals surface area (Å²) in [6.45, 7) is 8.77. The van der Waals surface area contributed by atoms with Gasteiger partial charge in [0.15, 0.2) is 0 Å². The molecular formula is C17H30N2. The Morgan fingerprint density at radius 2 is 1.84 bits per heavy atom. The molecule has 0 aromatic heterocycles. The molecule has 0 heterocycles. The van der Waals surface area contributed by atoms with Crippen LogP contribution in [0.25, 0.3) is 0 Å². The summed E-state index contributed by atoms with van der Waals surface area (Å²) in [5, 5.41) is 3.62. The molecule has 0 aliphatic carbocycles. The van der Waals surface area contributed by atoms with E-state index >= 15 is 0 Å². The maximum absolute atomic E-state index is 3.62. The number of rotatable bonds is 8. The predicted molar refractivity (Wildman–Crippen MR) is 84.4 cm³/mol. The number of nitrogens with zero attached hydrogens (tertiary/aromatic N) is 1. The van der Waals surface area contributed by atoms with Gasteiger partial charge in [0.2, 0.25) is 0 Å². The summed E-state index contributed by atoms with van der Waals surface area (Å²) >= 11 is 0. The van der Waals surface area contributed by atoms with Crippen molar-refractivity contribution >= 4 is 0 Å². The third-order valence-corrected chi connectivity index (χ3v) is 4.02. The summed E-state index contributed by atoms with van der Waals surface area (Å²) in [6, 6.07) is 9.36. The minimum atomic E-state index is 0.625. The molecule has 0 saturated heterocycles. The molecule has 0 aliphatic heterocycles. The molecule has 0 radical (unpaired) electrons. The fourth-order valence-corrected chi connectivity index (χ4v) is 2.79. The Morgan fingerprint density at radius 3 is 2.37 bits per heavy atom. The summed E-state index contributed by atoms with van der Waals surface area (Å²) < 4.78 is 0. The van der Waals surface area contributed by atoms with Gasteiger partial charge in [0.05, 0.1) is 0 Å². The van der Waals surface area contributed by atoms with Crippen LogP contribution in [0.3, 0.4) is 0 Å². The molecule has 0 amide bonds. The Labute approximate surface area is 119 Å². The third-order valence-electron chi connectivity index (χ3n) is 4.02. The summed E-state index contributed by atoms with van der Waals surface area (Å²) in [5.74, 6) is 0.778. The maximum atomic E-state index is 3.62. The van der Waals surface area contributed by atoms with Crippen LogP contribution in [0.5, 0.6) is 0 Å². The molecule has 0 bridgehead atoms. The van der Waals surface area contributed by atoms with Crippen molar-refractivity contribution in [1.82, 2.24) is 10.2 Å². The summed E-state index contributed by atoms with van der Waals surface area (Å²) in [7, 11) is 4.38. The van der Waals surface area contributed by atoms with Gasteiger partial charge in [-0.25, -0.2) is 0 Å². The Bertz CT molecular complexity index is 356. The zero-order valence-corrected chi connectivity index (χ0v) is 13.2. The van der Waals surface area contributed by atoms with Crippen LogP contribution in [0.15, 0.2) is 24.3 Å². The zero-order valence-electron chi connectivity index (χ0n) is 13.2.